The number of nitro benzene ring substituents is 1. The fourth-order valence-electron chi connectivity index (χ4n) is 1.64. The first-order valence-electron chi connectivity index (χ1n) is 6.75. The van der Waals surface area contributed by atoms with E-state index in [1.165, 1.54) is 19.2 Å². The maximum Gasteiger partial charge on any atom is 0.311 e. The Morgan fingerprint density at radius 1 is 1.27 bits per heavy atom. The average Bonchev–Trinajstić information content (AvgIpc) is 2.50. The van der Waals surface area contributed by atoms with Gasteiger partial charge in [0.15, 0.2) is 5.75 Å². The molecule has 0 aromatic heterocycles. The van der Waals surface area contributed by atoms with Crippen LogP contribution in [0.2, 0.25) is 0 Å². The van der Waals surface area contributed by atoms with Crippen LogP contribution >= 0.6 is 0 Å². The number of hydrogen-bond acceptors (Lipinski definition) is 5. The Morgan fingerprint density at radius 2 is 1.91 bits per heavy atom. The van der Waals surface area contributed by atoms with Crippen molar-refractivity contribution < 1.29 is 19.2 Å². The summed E-state index contributed by atoms with van der Waals surface area (Å²) >= 11 is 0. The van der Waals surface area contributed by atoms with Crippen LogP contribution in [0, 0.1) is 16.0 Å². The van der Waals surface area contributed by atoms with Crippen LogP contribution in [0.25, 0.3) is 0 Å². The van der Waals surface area contributed by atoms with Gasteiger partial charge < -0.3 is 15.4 Å². The van der Waals surface area contributed by atoms with Gasteiger partial charge in [0.2, 0.25) is 5.91 Å². The second-order valence-electron chi connectivity index (χ2n) is 4.85. The van der Waals surface area contributed by atoms with Crippen LogP contribution in [0.4, 0.5) is 5.69 Å². The zero-order chi connectivity index (χ0) is 16.7. The molecule has 0 spiro atoms. The van der Waals surface area contributed by atoms with Gasteiger partial charge in [0.1, 0.15) is 0 Å². The van der Waals surface area contributed by atoms with E-state index in [1.807, 2.05) is 0 Å². The smallest absolute Gasteiger partial charge is 0.311 e. The molecule has 0 saturated heterocycles. The highest BCUT2D eigenvalue weighted by molar-refractivity contribution is 5.95. The van der Waals surface area contributed by atoms with Crippen molar-refractivity contribution in [1.82, 2.24) is 10.6 Å². The maximum absolute atomic E-state index is 11.9. The Hall–Kier alpha value is -2.64. The number of nitro groups is 1. The number of hydrogen-bond donors (Lipinski definition) is 2. The van der Waals surface area contributed by atoms with Crippen molar-refractivity contribution in [3.63, 3.8) is 0 Å². The molecule has 0 aliphatic carbocycles. The van der Waals surface area contributed by atoms with Crippen LogP contribution in [-0.2, 0) is 4.79 Å². The van der Waals surface area contributed by atoms with Crippen LogP contribution in [0.1, 0.15) is 24.2 Å². The van der Waals surface area contributed by atoms with Crippen molar-refractivity contribution in [2.24, 2.45) is 5.92 Å². The van der Waals surface area contributed by atoms with Gasteiger partial charge in [0.25, 0.3) is 5.91 Å². The van der Waals surface area contributed by atoms with E-state index in [9.17, 15) is 19.7 Å². The Balaban J connectivity index is 2.61. The number of rotatable bonds is 7. The quantitative estimate of drug-likeness (QED) is 0.445. The average molecular weight is 309 g/mol. The molecule has 0 unspecified atom stereocenters. The maximum atomic E-state index is 11.9. The van der Waals surface area contributed by atoms with Gasteiger partial charge in [-0.05, 0) is 12.1 Å². The minimum Gasteiger partial charge on any atom is -0.490 e. The van der Waals surface area contributed by atoms with Gasteiger partial charge in [0.05, 0.1) is 12.0 Å². The number of nitrogens with zero attached hydrogens (tertiary/aromatic N) is 1. The van der Waals surface area contributed by atoms with Gasteiger partial charge in [-0.2, -0.15) is 0 Å². The topological polar surface area (TPSA) is 111 Å². The fourth-order valence-corrected chi connectivity index (χ4v) is 1.64. The molecule has 8 nitrogen and oxygen atoms in total. The summed E-state index contributed by atoms with van der Waals surface area (Å²) in [7, 11) is 1.32. The lowest BCUT2D eigenvalue weighted by Crippen LogP contribution is -2.36. The molecule has 120 valence electrons. The molecule has 1 aromatic rings. The van der Waals surface area contributed by atoms with Gasteiger partial charge in [-0.3, -0.25) is 19.7 Å². The molecule has 0 bridgehead atoms. The van der Waals surface area contributed by atoms with E-state index in [2.05, 4.69) is 10.6 Å². The summed E-state index contributed by atoms with van der Waals surface area (Å²) in [5, 5.41) is 16.1. The van der Waals surface area contributed by atoms with E-state index in [0.29, 0.717) is 6.54 Å². The Morgan fingerprint density at radius 3 is 2.45 bits per heavy atom. The zero-order valence-corrected chi connectivity index (χ0v) is 12.7. The molecule has 22 heavy (non-hydrogen) atoms. The van der Waals surface area contributed by atoms with Crippen molar-refractivity contribution in [2.75, 3.05) is 20.2 Å². The summed E-state index contributed by atoms with van der Waals surface area (Å²) in [4.78, 5) is 33.5. The molecular formula is C14H19N3O5. The van der Waals surface area contributed by atoms with Crippen molar-refractivity contribution >= 4 is 17.5 Å². The lowest BCUT2D eigenvalue weighted by molar-refractivity contribution is -0.385. The largest absolute Gasteiger partial charge is 0.490 e. The first kappa shape index (κ1) is 17.4. The lowest BCUT2D eigenvalue weighted by atomic mass is 10.1. The molecule has 8 heteroatoms. The SMILES string of the molecule is COc1ccc(C(=O)NCCNC(=O)C(C)C)cc1[N+](=O)[O-]. The number of nitrogens with one attached hydrogen (secondary N) is 2. The summed E-state index contributed by atoms with van der Waals surface area (Å²) in [6.07, 6.45) is 0. The van der Waals surface area contributed by atoms with Gasteiger partial charge in [-0.1, -0.05) is 13.8 Å². The van der Waals surface area contributed by atoms with Crippen LogP contribution in [0.5, 0.6) is 5.75 Å². The Kier molecular flexibility index (Phi) is 6.30. The number of amides is 2. The molecular weight excluding hydrogens is 290 g/mol. The van der Waals surface area contributed by atoms with Crippen molar-refractivity contribution in [3.8, 4) is 5.75 Å². The molecule has 0 aliphatic rings. The molecule has 0 heterocycles. The summed E-state index contributed by atoms with van der Waals surface area (Å²) in [5.41, 5.74) is -0.119. The summed E-state index contributed by atoms with van der Waals surface area (Å²) in [6, 6.07) is 3.96. The second kappa shape index (κ2) is 7.96. The van der Waals surface area contributed by atoms with Crippen LogP contribution in [0.15, 0.2) is 18.2 Å². The molecule has 0 aliphatic heterocycles. The molecule has 0 atom stereocenters. The Bertz CT molecular complexity index is 572. The highest BCUT2D eigenvalue weighted by Gasteiger charge is 2.18. The number of carbonyl (C=O) groups is 2. The lowest BCUT2D eigenvalue weighted by Gasteiger charge is -2.09. The monoisotopic (exact) mass is 309 g/mol. The third kappa shape index (κ3) is 4.72. The van der Waals surface area contributed by atoms with E-state index in [4.69, 9.17) is 4.74 Å². The molecule has 0 fully saturated rings. The van der Waals surface area contributed by atoms with E-state index >= 15 is 0 Å². The normalized spacial score (nSPS) is 10.2. The predicted molar refractivity (Wildman–Crippen MR) is 79.8 cm³/mol. The number of methoxy groups -OCH3 is 1. The highest BCUT2D eigenvalue weighted by atomic mass is 16.6. The first-order valence-corrected chi connectivity index (χ1v) is 6.75. The summed E-state index contributed by atoms with van der Waals surface area (Å²) < 4.78 is 4.87. The van der Waals surface area contributed by atoms with Gasteiger partial charge >= 0.3 is 5.69 Å². The predicted octanol–water partition coefficient (Wildman–Crippen LogP) is 1.11. The molecule has 0 saturated carbocycles. The number of carbonyl (C=O) groups excluding carboxylic acids is 2. The van der Waals surface area contributed by atoms with Crippen molar-refractivity contribution in [2.45, 2.75) is 13.8 Å². The standard InChI is InChI=1S/C14H19N3O5/c1-9(2)13(18)15-6-7-16-14(19)10-4-5-12(22-3)11(8-10)17(20)21/h4-5,8-9H,6-7H2,1-3H3,(H,15,18)(H,16,19). The van der Waals surface area contributed by atoms with Gasteiger partial charge in [-0.15, -0.1) is 0 Å². The van der Waals surface area contributed by atoms with E-state index in [-0.39, 0.29) is 35.4 Å². The van der Waals surface area contributed by atoms with Gasteiger partial charge in [-0.25, -0.2) is 0 Å². The van der Waals surface area contributed by atoms with Crippen molar-refractivity contribution in [3.05, 3.63) is 33.9 Å². The van der Waals surface area contributed by atoms with Crippen LogP contribution in [-0.4, -0.2) is 36.9 Å². The molecule has 1 rings (SSSR count). The minimum atomic E-state index is -0.613. The fraction of sp³-hybridized carbons (Fsp3) is 0.429. The summed E-state index contributed by atoms with van der Waals surface area (Å²) in [5.74, 6) is -0.593. The zero-order valence-electron chi connectivity index (χ0n) is 12.7. The third-order valence-electron chi connectivity index (χ3n) is 2.87. The molecule has 1 aromatic carbocycles. The van der Waals surface area contributed by atoms with Crippen molar-refractivity contribution in [1.29, 1.82) is 0 Å². The molecule has 0 radical (unpaired) electrons. The van der Waals surface area contributed by atoms with E-state index in [1.54, 1.807) is 13.8 Å². The van der Waals surface area contributed by atoms with Gasteiger partial charge in [0, 0.05) is 30.6 Å². The number of benzene rings is 1. The van der Waals surface area contributed by atoms with E-state index < -0.39 is 10.8 Å². The van der Waals surface area contributed by atoms with Crippen LogP contribution < -0.4 is 15.4 Å². The summed E-state index contributed by atoms with van der Waals surface area (Å²) in [6.45, 7) is 4.06. The first-order chi connectivity index (χ1) is 10.4. The Labute approximate surface area is 128 Å². The molecule has 2 amide bonds. The van der Waals surface area contributed by atoms with Crippen LogP contribution in [0.3, 0.4) is 0 Å². The second-order valence-corrected chi connectivity index (χ2v) is 4.85. The van der Waals surface area contributed by atoms with E-state index in [0.717, 1.165) is 6.07 Å². The third-order valence-corrected chi connectivity index (χ3v) is 2.87. The molecule has 2 N–H and O–H groups in total. The highest BCUT2D eigenvalue weighted by Crippen LogP contribution is 2.27. The number of ether oxygens (including phenoxy) is 1. The minimum absolute atomic E-state index is 0.0887.